The lowest BCUT2D eigenvalue weighted by atomic mass is 10.1. The third-order valence-corrected chi connectivity index (χ3v) is 4.32. The summed E-state index contributed by atoms with van der Waals surface area (Å²) >= 11 is 0. The predicted octanol–water partition coefficient (Wildman–Crippen LogP) is 1.35. The molecule has 0 aromatic heterocycles. The van der Waals surface area contributed by atoms with Gasteiger partial charge in [0.2, 0.25) is 0 Å². The minimum atomic E-state index is -0.941. The second-order valence-electron chi connectivity index (χ2n) is 4.54. The van der Waals surface area contributed by atoms with Gasteiger partial charge in [0.05, 0.1) is 0 Å². The number of carboxylic acids is 1. The van der Waals surface area contributed by atoms with Gasteiger partial charge in [0, 0.05) is 48.0 Å². The van der Waals surface area contributed by atoms with E-state index in [0.29, 0.717) is 0 Å². The molecule has 1 heterocycles. The van der Waals surface area contributed by atoms with E-state index in [-0.39, 0.29) is 0 Å². The largest absolute Gasteiger partial charge is 0.478 e. The Labute approximate surface area is 115 Å². The number of hydrogen-bond donors (Lipinski definition) is 1. The Morgan fingerprint density at radius 2 is 2.11 bits per heavy atom. The van der Waals surface area contributed by atoms with Gasteiger partial charge in [0.25, 0.3) is 0 Å². The van der Waals surface area contributed by atoms with Gasteiger partial charge in [0.15, 0.2) is 0 Å². The van der Waals surface area contributed by atoms with Crippen molar-refractivity contribution in [1.29, 1.82) is 0 Å². The summed E-state index contributed by atoms with van der Waals surface area (Å²) in [7, 11) is -0.650. The molecule has 0 saturated carbocycles. The minimum Gasteiger partial charge on any atom is -0.478 e. The van der Waals surface area contributed by atoms with Gasteiger partial charge in [0.1, 0.15) is 0 Å². The maximum atomic E-state index is 11.3. The van der Waals surface area contributed by atoms with Gasteiger partial charge in [-0.2, -0.15) is 0 Å². The van der Waals surface area contributed by atoms with Gasteiger partial charge < -0.3 is 5.11 Å². The van der Waals surface area contributed by atoms with Gasteiger partial charge in [-0.3, -0.25) is 9.11 Å². The summed E-state index contributed by atoms with van der Waals surface area (Å²) in [6, 6.07) is 7.84. The van der Waals surface area contributed by atoms with Crippen molar-refractivity contribution < 1.29 is 14.1 Å². The second-order valence-corrected chi connectivity index (χ2v) is 6.24. The molecule has 0 unspecified atom stereocenters. The van der Waals surface area contributed by atoms with Crippen LogP contribution in [-0.2, 0) is 22.1 Å². The lowest BCUT2D eigenvalue weighted by Gasteiger charge is -2.26. The normalized spacial score (nSPS) is 17.9. The van der Waals surface area contributed by atoms with Crippen LogP contribution >= 0.6 is 0 Å². The quantitative estimate of drug-likeness (QED) is 0.845. The second kappa shape index (κ2) is 6.63. The first-order chi connectivity index (χ1) is 9.13. The fraction of sp³-hybridized carbons (Fsp3) is 0.357. The van der Waals surface area contributed by atoms with Crippen LogP contribution < -0.4 is 0 Å². The number of rotatable bonds is 4. The van der Waals surface area contributed by atoms with Crippen molar-refractivity contribution in [2.24, 2.45) is 0 Å². The monoisotopic (exact) mass is 279 g/mol. The Balaban J connectivity index is 1.99. The molecule has 1 aliphatic heterocycles. The molecular formula is C14H17NO3S. The molecule has 0 spiro atoms. The van der Waals surface area contributed by atoms with Crippen LogP contribution in [-0.4, -0.2) is 44.8 Å². The molecule has 5 heteroatoms. The molecule has 0 amide bonds. The van der Waals surface area contributed by atoms with E-state index in [1.807, 2.05) is 24.3 Å². The summed E-state index contributed by atoms with van der Waals surface area (Å²) < 4.78 is 11.3. The molecular weight excluding hydrogens is 262 g/mol. The molecule has 1 fully saturated rings. The molecule has 0 atom stereocenters. The lowest BCUT2D eigenvalue weighted by molar-refractivity contribution is -0.131. The van der Waals surface area contributed by atoms with Crippen LogP contribution in [0.5, 0.6) is 0 Å². The van der Waals surface area contributed by atoms with E-state index in [2.05, 4.69) is 4.90 Å². The van der Waals surface area contributed by atoms with E-state index in [0.717, 1.165) is 48.3 Å². The van der Waals surface area contributed by atoms with Crippen molar-refractivity contribution in [1.82, 2.24) is 4.90 Å². The van der Waals surface area contributed by atoms with Crippen LogP contribution in [0, 0.1) is 0 Å². The van der Waals surface area contributed by atoms with Crippen LogP contribution in [0.1, 0.15) is 11.1 Å². The SMILES string of the molecule is O=C(O)C=Cc1cccc(CN2CCS(=O)CC2)c1. The lowest BCUT2D eigenvalue weighted by Crippen LogP contribution is -2.37. The molecule has 1 aromatic rings. The highest BCUT2D eigenvalue weighted by Gasteiger charge is 2.14. The van der Waals surface area contributed by atoms with Gasteiger partial charge in [-0.1, -0.05) is 24.3 Å². The first kappa shape index (κ1) is 14.0. The molecule has 1 saturated heterocycles. The molecule has 19 heavy (non-hydrogen) atoms. The zero-order valence-corrected chi connectivity index (χ0v) is 11.4. The number of carboxylic acid groups (broad SMARTS) is 1. The molecule has 2 rings (SSSR count). The van der Waals surface area contributed by atoms with E-state index >= 15 is 0 Å². The van der Waals surface area contributed by atoms with E-state index < -0.39 is 16.8 Å². The van der Waals surface area contributed by atoms with Gasteiger partial charge in [-0.25, -0.2) is 4.79 Å². The zero-order valence-electron chi connectivity index (χ0n) is 10.6. The Hall–Kier alpha value is -1.46. The fourth-order valence-electron chi connectivity index (χ4n) is 2.05. The summed E-state index contributed by atoms with van der Waals surface area (Å²) in [6.07, 6.45) is 2.74. The van der Waals surface area contributed by atoms with Crippen molar-refractivity contribution >= 4 is 22.8 Å². The average molecular weight is 279 g/mol. The average Bonchev–Trinajstić information content (AvgIpc) is 2.40. The number of nitrogens with zero attached hydrogens (tertiary/aromatic N) is 1. The summed E-state index contributed by atoms with van der Waals surface area (Å²) in [5, 5.41) is 8.61. The molecule has 0 bridgehead atoms. The summed E-state index contributed by atoms with van der Waals surface area (Å²) in [5.41, 5.74) is 2.04. The number of hydrogen-bond acceptors (Lipinski definition) is 3. The highest BCUT2D eigenvalue weighted by atomic mass is 32.2. The van der Waals surface area contributed by atoms with Crippen LogP contribution in [0.25, 0.3) is 6.08 Å². The Kier molecular flexibility index (Phi) is 4.87. The Bertz CT molecular complexity index is 503. The minimum absolute atomic E-state index is 0.650. The molecule has 1 aliphatic rings. The summed E-state index contributed by atoms with van der Waals surface area (Å²) in [6.45, 7) is 2.55. The van der Waals surface area contributed by atoms with Gasteiger partial charge >= 0.3 is 5.97 Å². The molecule has 102 valence electrons. The standard InChI is InChI=1S/C14H17NO3S/c16-14(17)5-4-12-2-1-3-13(10-12)11-15-6-8-19(18)9-7-15/h1-5,10H,6-9,11H2,(H,16,17). The summed E-state index contributed by atoms with van der Waals surface area (Å²) in [4.78, 5) is 12.8. The first-order valence-corrected chi connectivity index (χ1v) is 7.69. The van der Waals surface area contributed by atoms with Crippen molar-refractivity contribution in [3.05, 3.63) is 41.5 Å². The van der Waals surface area contributed by atoms with Crippen LogP contribution in [0.3, 0.4) is 0 Å². The van der Waals surface area contributed by atoms with E-state index in [9.17, 15) is 9.00 Å². The highest BCUT2D eigenvalue weighted by molar-refractivity contribution is 7.85. The number of aliphatic carboxylic acids is 1. The zero-order chi connectivity index (χ0) is 13.7. The topological polar surface area (TPSA) is 57.6 Å². The van der Waals surface area contributed by atoms with Crippen molar-refractivity contribution in [3.8, 4) is 0 Å². The molecule has 0 radical (unpaired) electrons. The van der Waals surface area contributed by atoms with E-state index in [1.54, 1.807) is 6.08 Å². The van der Waals surface area contributed by atoms with Crippen molar-refractivity contribution in [2.45, 2.75) is 6.54 Å². The van der Waals surface area contributed by atoms with E-state index in [4.69, 9.17) is 5.11 Å². The van der Waals surface area contributed by atoms with E-state index in [1.165, 1.54) is 0 Å². The van der Waals surface area contributed by atoms with Crippen LogP contribution in [0.2, 0.25) is 0 Å². The predicted molar refractivity (Wildman–Crippen MR) is 76.3 cm³/mol. The Morgan fingerprint density at radius 1 is 1.37 bits per heavy atom. The van der Waals surface area contributed by atoms with Crippen LogP contribution in [0.4, 0.5) is 0 Å². The molecule has 0 aliphatic carbocycles. The number of benzene rings is 1. The van der Waals surface area contributed by atoms with Crippen molar-refractivity contribution in [2.75, 3.05) is 24.6 Å². The number of carbonyl (C=O) groups is 1. The first-order valence-electron chi connectivity index (χ1n) is 6.21. The highest BCUT2D eigenvalue weighted by Crippen LogP contribution is 2.11. The smallest absolute Gasteiger partial charge is 0.328 e. The molecule has 4 nitrogen and oxygen atoms in total. The molecule has 1 aromatic carbocycles. The van der Waals surface area contributed by atoms with Crippen LogP contribution in [0.15, 0.2) is 30.3 Å². The van der Waals surface area contributed by atoms with Gasteiger partial charge in [-0.05, 0) is 17.2 Å². The summed E-state index contributed by atoms with van der Waals surface area (Å²) in [5.74, 6) is 0.556. The maximum absolute atomic E-state index is 11.3. The molecule has 1 N–H and O–H groups in total. The third kappa shape index (κ3) is 4.61. The van der Waals surface area contributed by atoms with Gasteiger partial charge in [-0.15, -0.1) is 0 Å². The fourth-order valence-corrected chi connectivity index (χ4v) is 3.18. The Morgan fingerprint density at radius 3 is 2.79 bits per heavy atom. The van der Waals surface area contributed by atoms with Crippen molar-refractivity contribution in [3.63, 3.8) is 0 Å². The third-order valence-electron chi connectivity index (χ3n) is 3.05. The maximum Gasteiger partial charge on any atom is 0.328 e.